The standard InChI is InChI=1S/C20H16ClFN2O4/c21-16-10-13(7-8-17(16)22)28-12-19(25)24-18-6-2-1-5-15(18)20(26)23-11-14-4-3-9-27-14/h1-10H,11-12H2,(H,23,26)(H,24,25). The van der Waals surface area contributed by atoms with Gasteiger partial charge >= 0.3 is 0 Å². The second-order valence-electron chi connectivity index (χ2n) is 5.72. The molecular weight excluding hydrogens is 387 g/mol. The van der Waals surface area contributed by atoms with E-state index in [2.05, 4.69) is 10.6 Å². The largest absolute Gasteiger partial charge is 0.484 e. The second kappa shape index (κ2) is 9.05. The maximum absolute atomic E-state index is 13.1. The van der Waals surface area contributed by atoms with Crippen molar-refractivity contribution in [2.75, 3.05) is 11.9 Å². The highest BCUT2D eigenvalue weighted by molar-refractivity contribution is 6.30. The zero-order chi connectivity index (χ0) is 19.9. The topological polar surface area (TPSA) is 80.6 Å². The van der Waals surface area contributed by atoms with Gasteiger partial charge in [0.25, 0.3) is 11.8 Å². The van der Waals surface area contributed by atoms with Crippen molar-refractivity contribution in [3.63, 3.8) is 0 Å². The molecular formula is C20H16ClFN2O4. The van der Waals surface area contributed by atoms with E-state index in [4.69, 9.17) is 20.8 Å². The molecule has 3 aromatic rings. The average Bonchev–Trinajstić information content (AvgIpc) is 3.21. The molecule has 3 rings (SSSR count). The normalized spacial score (nSPS) is 10.4. The van der Waals surface area contributed by atoms with Gasteiger partial charge in [0.15, 0.2) is 6.61 Å². The molecule has 0 bridgehead atoms. The van der Waals surface area contributed by atoms with Crippen LogP contribution in [-0.4, -0.2) is 18.4 Å². The highest BCUT2D eigenvalue weighted by Crippen LogP contribution is 2.21. The zero-order valence-electron chi connectivity index (χ0n) is 14.6. The van der Waals surface area contributed by atoms with Crippen molar-refractivity contribution in [1.82, 2.24) is 5.32 Å². The predicted molar refractivity (Wildman–Crippen MR) is 102 cm³/mol. The van der Waals surface area contributed by atoms with E-state index in [9.17, 15) is 14.0 Å². The number of ether oxygens (including phenoxy) is 1. The minimum Gasteiger partial charge on any atom is -0.484 e. The Balaban J connectivity index is 1.59. The summed E-state index contributed by atoms with van der Waals surface area (Å²) in [6.07, 6.45) is 1.52. The number of anilines is 1. The fraction of sp³-hybridized carbons (Fsp3) is 0.100. The van der Waals surface area contributed by atoms with Crippen molar-refractivity contribution in [2.24, 2.45) is 0 Å². The number of furan rings is 1. The SMILES string of the molecule is O=C(COc1ccc(F)c(Cl)c1)Nc1ccccc1C(=O)NCc1ccco1. The first kappa shape index (κ1) is 19.4. The minimum atomic E-state index is -0.576. The zero-order valence-corrected chi connectivity index (χ0v) is 15.3. The third kappa shape index (κ3) is 5.11. The molecule has 0 saturated heterocycles. The van der Waals surface area contributed by atoms with Crippen LogP contribution < -0.4 is 15.4 Å². The molecule has 0 aliphatic rings. The van der Waals surface area contributed by atoms with Gasteiger partial charge in [0.1, 0.15) is 17.3 Å². The van der Waals surface area contributed by atoms with Crippen molar-refractivity contribution in [3.8, 4) is 5.75 Å². The molecule has 1 heterocycles. The summed E-state index contributed by atoms with van der Waals surface area (Å²) in [6, 6.07) is 13.8. The second-order valence-corrected chi connectivity index (χ2v) is 6.13. The average molecular weight is 403 g/mol. The molecule has 0 radical (unpaired) electrons. The van der Waals surface area contributed by atoms with Gasteiger partial charge in [0, 0.05) is 6.07 Å². The number of hydrogen-bond acceptors (Lipinski definition) is 4. The van der Waals surface area contributed by atoms with E-state index in [1.807, 2.05) is 0 Å². The highest BCUT2D eigenvalue weighted by Gasteiger charge is 2.14. The fourth-order valence-corrected chi connectivity index (χ4v) is 2.54. The quantitative estimate of drug-likeness (QED) is 0.625. The van der Waals surface area contributed by atoms with Crippen LogP contribution in [0.15, 0.2) is 65.3 Å². The van der Waals surface area contributed by atoms with E-state index in [0.29, 0.717) is 17.0 Å². The molecule has 2 amide bonds. The lowest BCUT2D eigenvalue weighted by Crippen LogP contribution is -2.26. The van der Waals surface area contributed by atoms with Gasteiger partial charge in [-0.2, -0.15) is 0 Å². The van der Waals surface area contributed by atoms with Crippen molar-refractivity contribution >= 4 is 29.1 Å². The van der Waals surface area contributed by atoms with E-state index in [0.717, 1.165) is 6.07 Å². The molecule has 1 aromatic heterocycles. The number of amides is 2. The summed E-state index contributed by atoms with van der Waals surface area (Å²) in [6.45, 7) is -0.104. The van der Waals surface area contributed by atoms with Gasteiger partial charge in [-0.05, 0) is 36.4 Å². The van der Waals surface area contributed by atoms with Gasteiger partial charge in [0.2, 0.25) is 0 Å². The summed E-state index contributed by atoms with van der Waals surface area (Å²) in [7, 11) is 0. The first-order valence-electron chi connectivity index (χ1n) is 8.30. The van der Waals surface area contributed by atoms with Crippen LogP contribution in [0.2, 0.25) is 5.02 Å². The first-order chi connectivity index (χ1) is 13.5. The van der Waals surface area contributed by atoms with Crippen LogP contribution in [0.4, 0.5) is 10.1 Å². The van der Waals surface area contributed by atoms with Gasteiger partial charge in [-0.25, -0.2) is 4.39 Å². The maximum Gasteiger partial charge on any atom is 0.262 e. The molecule has 0 aliphatic heterocycles. The molecule has 0 atom stereocenters. The number of hydrogen-bond donors (Lipinski definition) is 2. The number of carbonyl (C=O) groups is 2. The number of carbonyl (C=O) groups excluding carboxylic acids is 2. The van der Waals surface area contributed by atoms with E-state index < -0.39 is 11.7 Å². The Bertz CT molecular complexity index is 976. The van der Waals surface area contributed by atoms with Crippen LogP contribution >= 0.6 is 11.6 Å². The number of halogens is 2. The van der Waals surface area contributed by atoms with Crippen molar-refractivity contribution in [2.45, 2.75) is 6.54 Å². The van der Waals surface area contributed by atoms with Crippen molar-refractivity contribution < 1.29 is 23.1 Å². The van der Waals surface area contributed by atoms with Crippen molar-refractivity contribution in [1.29, 1.82) is 0 Å². The van der Waals surface area contributed by atoms with Gasteiger partial charge in [0.05, 0.1) is 29.1 Å². The molecule has 6 nitrogen and oxygen atoms in total. The van der Waals surface area contributed by atoms with Gasteiger partial charge in [-0.3, -0.25) is 9.59 Å². The third-order valence-electron chi connectivity index (χ3n) is 3.71. The summed E-state index contributed by atoms with van der Waals surface area (Å²) in [4.78, 5) is 24.6. The smallest absolute Gasteiger partial charge is 0.262 e. The number of benzene rings is 2. The number of para-hydroxylation sites is 1. The maximum atomic E-state index is 13.1. The van der Waals surface area contributed by atoms with E-state index in [1.165, 1.54) is 18.4 Å². The third-order valence-corrected chi connectivity index (χ3v) is 4.00. The molecule has 144 valence electrons. The molecule has 8 heteroatoms. The minimum absolute atomic E-state index is 0.100. The van der Waals surface area contributed by atoms with Gasteiger partial charge < -0.3 is 19.8 Å². The summed E-state index contributed by atoms with van der Waals surface area (Å²) >= 11 is 5.67. The summed E-state index contributed by atoms with van der Waals surface area (Å²) in [5.41, 5.74) is 0.636. The molecule has 2 aromatic carbocycles. The molecule has 0 fully saturated rings. The van der Waals surface area contributed by atoms with Crippen LogP contribution in [0, 0.1) is 5.82 Å². The monoisotopic (exact) mass is 402 g/mol. The van der Waals surface area contributed by atoms with E-state index >= 15 is 0 Å². The number of rotatable bonds is 7. The molecule has 0 saturated carbocycles. The van der Waals surface area contributed by atoms with Gasteiger partial charge in [-0.15, -0.1) is 0 Å². The summed E-state index contributed by atoms with van der Waals surface area (Å²) < 4.78 is 23.6. The van der Waals surface area contributed by atoms with Crippen LogP contribution in [0.3, 0.4) is 0 Å². The molecule has 0 aliphatic carbocycles. The Hall–Kier alpha value is -3.32. The Kier molecular flexibility index (Phi) is 6.29. The lowest BCUT2D eigenvalue weighted by Gasteiger charge is -2.12. The lowest BCUT2D eigenvalue weighted by molar-refractivity contribution is -0.118. The van der Waals surface area contributed by atoms with E-state index in [-0.39, 0.29) is 29.8 Å². The summed E-state index contributed by atoms with van der Waals surface area (Å²) in [5, 5.41) is 5.24. The van der Waals surface area contributed by atoms with E-state index in [1.54, 1.807) is 36.4 Å². The highest BCUT2D eigenvalue weighted by atomic mass is 35.5. The summed E-state index contributed by atoms with van der Waals surface area (Å²) in [5.74, 6) is -0.550. The Morgan fingerprint density at radius 2 is 1.93 bits per heavy atom. The fourth-order valence-electron chi connectivity index (χ4n) is 2.37. The lowest BCUT2D eigenvalue weighted by atomic mass is 10.1. The first-order valence-corrected chi connectivity index (χ1v) is 8.68. The number of nitrogens with one attached hydrogen (secondary N) is 2. The Morgan fingerprint density at radius 1 is 1.11 bits per heavy atom. The van der Waals surface area contributed by atoms with Crippen molar-refractivity contribution in [3.05, 3.63) is 83.0 Å². The molecule has 0 unspecified atom stereocenters. The van der Waals surface area contributed by atoms with Crippen LogP contribution in [-0.2, 0) is 11.3 Å². The predicted octanol–water partition coefficient (Wildman–Crippen LogP) is 4.02. The Labute approximate surface area is 165 Å². The Morgan fingerprint density at radius 3 is 2.68 bits per heavy atom. The van der Waals surface area contributed by atoms with Crippen LogP contribution in [0.1, 0.15) is 16.1 Å². The molecule has 2 N–H and O–H groups in total. The van der Waals surface area contributed by atoms with Gasteiger partial charge in [-0.1, -0.05) is 23.7 Å². The molecule has 28 heavy (non-hydrogen) atoms. The van der Waals surface area contributed by atoms with Crippen LogP contribution in [0.25, 0.3) is 0 Å². The van der Waals surface area contributed by atoms with Crippen LogP contribution in [0.5, 0.6) is 5.75 Å². The molecule has 0 spiro atoms.